The maximum Gasteiger partial charge on any atom is 0.335 e. The van der Waals surface area contributed by atoms with Gasteiger partial charge in [0, 0.05) is 19.3 Å². The standard InChI is InChI=1S/C14H16BrN3O2/c15-13-9-17-18(10-13)7-1-6-16-8-11-2-4-12(5-3-11)14(19)20/h2-5,9-10,16H,1,6-8H2,(H,19,20). The number of halogens is 1. The third-order valence-corrected chi connectivity index (χ3v) is 3.28. The highest BCUT2D eigenvalue weighted by Gasteiger charge is 2.01. The number of aromatic nitrogens is 2. The van der Waals surface area contributed by atoms with Crippen LogP contribution in [0.5, 0.6) is 0 Å². The summed E-state index contributed by atoms with van der Waals surface area (Å²) in [5.41, 5.74) is 1.40. The molecule has 20 heavy (non-hydrogen) atoms. The minimum Gasteiger partial charge on any atom is -0.478 e. The fraction of sp³-hybridized carbons (Fsp3) is 0.286. The van der Waals surface area contributed by atoms with Crippen LogP contribution in [0.15, 0.2) is 41.1 Å². The van der Waals surface area contributed by atoms with Crippen molar-refractivity contribution in [3.63, 3.8) is 0 Å². The fourth-order valence-corrected chi connectivity index (χ4v) is 2.15. The smallest absolute Gasteiger partial charge is 0.335 e. The summed E-state index contributed by atoms with van der Waals surface area (Å²) < 4.78 is 2.89. The van der Waals surface area contributed by atoms with Gasteiger partial charge in [0.05, 0.1) is 16.2 Å². The van der Waals surface area contributed by atoms with Crippen molar-refractivity contribution in [3.05, 3.63) is 52.3 Å². The van der Waals surface area contributed by atoms with Crippen LogP contribution in [0.2, 0.25) is 0 Å². The molecular weight excluding hydrogens is 322 g/mol. The van der Waals surface area contributed by atoms with Crippen molar-refractivity contribution in [2.24, 2.45) is 0 Å². The van der Waals surface area contributed by atoms with E-state index in [-0.39, 0.29) is 0 Å². The van der Waals surface area contributed by atoms with Gasteiger partial charge in [-0.1, -0.05) is 12.1 Å². The van der Waals surface area contributed by atoms with Gasteiger partial charge < -0.3 is 10.4 Å². The second kappa shape index (κ2) is 7.21. The molecule has 0 aliphatic carbocycles. The molecule has 1 aromatic heterocycles. The molecule has 0 radical (unpaired) electrons. The van der Waals surface area contributed by atoms with Crippen LogP contribution in [0.1, 0.15) is 22.3 Å². The molecule has 0 saturated heterocycles. The third kappa shape index (κ3) is 4.47. The molecule has 0 fully saturated rings. The molecule has 0 unspecified atom stereocenters. The van der Waals surface area contributed by atoms with E-state index in [0.29, 0.717) is 5.56 Å². The van der Waals surface area contributed by atoms with Crippen molar-refractivity contribution in [2.75, 3.05) is 6.54 Å². The van der Waals surface area contributed by atoms with Crippen molar-refractivity contribution in [2.45, 2.75) is 19.5 Å². The zero-order valence-corrected chi connectivity index (χ0v) is 12.5. The van der Waals surface area contributed by atoms with Crippen LogP contribution in [0.3, 0.4) is 0 Å². The average molecular weight is 338 g/mol. The summed E-state index contributed by atoms with van der Waals surface area (Å²) in [4.78, 5) is 10.7. The summed E-state index contributed by atoms with van der Waals surface area (Å²) in [5, 5.41) is 16.3. The quantitative estimate of drug-likeness (QED) is 0.762. The molecule has 2 N–H and O–H groups in total. The molecule has 0 amide bonds. The molecule has 0 bridgehead atoms. The molecular formula is C14H16BrN3O2. The molecule has 1 aromatic carbocycles. The van der Waals surface area contributed by atoms with Crippen LogP contribution in [0.25, 0.3) is 0 Å². The summed E-state index contributed by atoms with van der Waals surface area (Å²) in [6.07, 6.45) is 4.71. The molecule has 0 atom stereocenters. The zero-order chi connectivity index (χ0) is 14.4. The number of aryl methyl sites for hydroxylation is 1. The summed E-state index contributed by atoms with van der Waals surface area (Å²) in [5.74, 6) is -0.894. The minimum atomic E-state index is -0.894. The molecule has 2 rings (SSSR count). The Balaban J connectivity index is 1.66. The molecule has 1 heterocycles. The Hall–Kier alpha value is -1.66. The molecule has 0 spiro atoms. The van der Waals surface area contributed by atoms with E-state index in [1.807, 2.05) is 23.0 Å². The van der Waals surface area contributed by atoms with Gasteiger partial charge in [0.15, 0.2) is 0 Å². The lowest BCUT2D eigenvalue weighted by atomic mass is 10.1. The first-order valence-electron chi connectivity index (χ1n) is 6.36. The van der Waals surface area contributed by atoms with E-state index in [2.05, 4.69) is 26.3 Å². The Labute approximate surface area is 125 Å². The van der Waals surface area contributed by atoms with Crippen molar-refractivity contribution in [3.8, 4) is 0 Å². The third-order valence-electron chi connectivity index (χ3n) is 2.87. The van der Waals surface area contributed by atoms with E-state index in [9.17, 15) is 4.79 Å². The largest absolute Gasteiger partial charge is 0.478 e. The van der Waals surface area contributed by atoms with Crippen molar-refractivity contribution in [1.82, 2.24) is 15.1 Å². The number of hydrogen-bond donors (Lipinski definition) is 2. The van der Waals surface area contributed by atoms with Crippen LogP contribution in [0, 0.1) is 0 Å². The summed E-state index contributed by atoms with van der Waals surface area (Å²) in [7, 11) is 0. The first kappa shape index (κ1) is 14.7. The van der Waals surface area contributed by atoms with E-state index >= 15 is 0 Å². The molecule has 0 saturated carbocycles. The summed E-state index contributed by atoms with van der Waals surface area (Å²) >= 11 is 3.36. The second-order valence-corrected chi connectivity index (χ2v) is 5.37. The van der Waals surface area contributed by atoms with E-state index < -0.39 is 5.97 Å². The van der Waals surface area contributed by atoms with Crippen LogP contribution >= 0.6 is 15.9 Å². The minimum absolute atomic E-state index is 0.318. The molecule has 0 aliphatic rings. The first-order chi connectivity index (χ1) is 9.65. The number of carbonyl (C=O) groups is 1. The van der Waals surface area contributed by atoms with Gasteiger partial charge in [0.25, 0.3) is 0 Å². The maximum atomic E-state index is 10.7. The van der Waals surface area contributed by atoms with Crippen molar-refractivity contribution < 1.29 is 9.90 Å². The molecule has 106 valence electrons. The predicted octanol–water partition coefficient (Wildman–Crippen LogP) is 2.52. The molecule has 6 heteroatoms. The molecule has 2 aromatic rings. The maximum absolute atomic E-state index is 10.7. The lowest BCUT2D eigenvalue weighted by molar-refractivity contribution is 0.0697. The normalized spacial score (nSPS) is 10.7. The van der Waals surface area contributed by atoms with Gasteiger partial charge in [-0.15, -0.1) is 0 Å². The number of hydrogen-bond acceptors (Lipinski definition) is 3. The van der Waals surface area contributed by atoms with E-state index in [4.69, 9.17) is 5.11 Å². The average Bonchev–Trinajstić information content (AvgIpc) is 2.84. The topological polar surface area (TPSA) is 67.2 Å². The van der Waals surface area contributed by atoms with Gasteiger partial charge in [-0.2, -0.15) is 5.10 Å². The van der Waals surface area contributed by atoms with Crippen LogP contribution < -0.4 is 5.32 Å². The van der Waals surface area contributed by atoms with Gasteiger partial charge in [-0.05, 0) is 46.6 Å². The van der Waals surface area contributed by atoms with Gasteiger partial charge in [0.1, 0.15) is 0 Å². The number of benzene rings is 1. The zero-order valence-electron chi connectivity index (χ0n) is 10.9. The van der Waals surface area contributed by atoms with Gasteiger partial charge in [-0.25, -0.2) is 4.79 Å². The van der Waals surface area contributed by atoms with Crippen molar-refractivity contribution >= 4 is 21.9 Å². The van der Waals surface area contributed by atoms with Crippen LogP contribution in [0.4, 0.5) is 0 Å². The second-order valence-electron chi connectivity index (χ2n) is 4.45. The fourth-order valence-electron chi connectivity index (χ4n) is 1.82. The summed E-state index contributed by atoms with van der Waals surface area (Å²) in [6.45, 7) is 2.50. The van der Waals surface area contributed by atoms with Gasteiger partial charge >= 0.3 is 5.97 Å². The number of aromatic carboxylic acids is 1. The monoisotopic (exact) mass is 337 g/mol. The Bertz CT molecular complexity index is 566. The highest BCUT2D eigenvalue weighted by Crippen LogP contribution is 2.06. The van der Waals surface area contributed by atoms with E-state index in [1.165, 1.54) is 0 Å². The predicted molar refractivity (Wildman–Crippen MR) is 79.7 cm³/mol. The summed E-state index contributed by atoms with van der Waals surface area (Å²) in [6, 6.07) is 6.92. The SMILES string of the molecule is O=C(O)c1ccc(CNCCCn2cc(Br)cn2)cc1. The lowest BCUT2D eigenvalue weighted by Crippen LogP contribution is -2.16. The Morgan fingerprint density at radius 3 is 2.70 bits per heavy atom. The van der Waals surface area contributed by atoms with E-state index in [1.54, 1.807) is 18.3 Å². The number of rotatable bonds is 7. The number of carboxylic acids is 1. The number of carboxylic acid groups (broad SMARTS) is 1. The number of nitrogens with one attached hydrogen (secondary N) is 1. The number of nitrogens with zero attached hydrogens (tertiary/aromatic N) is 2. The van der Waals surface area contributed by atoms with Gasteiger partial charge in [-0.3, -0.25) is 4.68 Å². The lowest BCUT2D eigenvalue weighted by Gasteiger charge is -2.05. The highest BCUT2D eigenvalue weighted by atomic mass is 79.9. The molecule has 0 aliphatic heterocycles. The highest BCUT2D eigenvalue weighted by molar-refractivity contribution is 9.10. The Morgan fingerprint density at radius 1 is 1.35 bits per heavy atom. The molecule has 5 nitrogen and oxygen atoms in total. The van der Waals surface area contributed by atoms with Crippen molar-refractivity contribution in [1.29, 1.82) is 0 Å². The van der Waals surface area contributed by atoms with E-state index in [0.717, 1.165) is 36.1 Å². The Morgan fingerprint density at radius 2 is 2.10 bits per heavy atom. The van der Waals surface area contributed by atoms with Gasteiger partial charge in [0.2, 0.25) is 0 Å². The first-order valence-corrected chi connectivity index (χ1v) is 7.15. The van der Waals surface area contributed by atoms with Crippen LogP contribution in [-0.2, 0) is 13.1 Å². The van der Waals surface area contributed by atoms with Crippen LogP contribution in [-0.4, -0.2) is 27.4 Å². The Kier molecular flexibility index (Phi) is 5.31.